The van der Waals surface area contributed by atoms with E-state index in [-0.39, 0.29) is 51.9 Å². The number of carbonyl (C=O) groups is 3. The van der Waals surface area contributed by atoms with E-state index >= 15 is 0 Å². The molecule has 0 aromatic carbocycles. The minimum atomic E-state index is -0.977. The summed E-state index contributed by atoms with van der Waals surface area (Å²) in [5.74, 6) is -0.947. The maximum atomic E-state index is 12.9. The Balaban J connectivity index is 1.50. The number of ether oxygens (including phenoxy) is 1. The monoisotopic (exact) mass is 556 g/mol. The SMILES string of the molecule is CC1(C)CC[C@]2(C(=O)O)CC[C@]3(C)C(=CC[C@@H]4[C@@]5(C)C[C@@H](OC(=O)CCC(=O)O)CC(C)(C)[C@@H]5CC[C@]43C)[C@@H]2C1. The molecular formula is C34H52O6. The number of esters is 1. The average molecular weight is 557 g/mol. The van der Waals surface area contributed by atoms with E-state index in [2.05, 4.69) is 54.5 Å². The van der Waals surface area contributed by atoms with Crippen LogP contribution in [-0.4, -0.2) is 34.2 Å². The van der Waals surface area contributed by atoms with Crippen molar-refractivity contribution in [1.29, 1.82) is 0 Å². The molecule has 40 heavy (non-hydrogen) atoms. The van der Waals surface area contributed by atoms with E-state index in [9.17, 15) is 19.5 Å². The second kappa shape index (κ2) is 9.33. The lowest BCUT2D eigenvalue weighted by Gasteiger charge is -2.71. The molecule has 0 aromatic rings. The summed E-state index contributed by atoms with van der Waals surface area (Å²) in [6.45, 7) is 16.7. The molecule has 0 saturated heterocycles. The van der Waals surface area contributed by atoms with Crippen LogP contribution in [0.25, 0.3) is 0 Å². The van der Waals surface area contributed by atoms with Crippen molar-refractivity contribution in [3.05, 3.63) is 11.6 Å². The molecule has 0 amide bonds. The second-order valence-electron chi connectivity index (χ2n) is 16.6. The Morgan fingerprint density at radius 3 is 2.17 bits per heavy atom. The minimum Gasteiger partial charge on any atom is -0.481 e. The fourth-order valence-electron chi connectivity index (χ4n) is 11.4. The van der Waals surface area contributed by atoms with Gasteiger partial charge in [-0.05, 0) is 109 Å². The highest BCUT2D eigenvalue weighted by molar-refractivity contribution is 5.77. The Bertz CT molecular complexity index is 1120. The number of aliphatic carboxylic acids is 2. The van der Waals surface area contributed by atoms with Gasteiger partial charge in [0.2, 0.25) is 0 Å². The molecule has 0 unspecified atom stereocenters. The molecule has 2 N–H and O–H groups in total. The largest absolute Gasteiger partial charge is 0.481 e. The molecule has 0 aliphatic heterocycles. The summed E-state index contributed by atoms with van der Waals surface area (Å²) in [7, 11) is 0. The average Bonchev–Trinajstić information content (AvgIpc) is 2.81. The zero-order valence-electron chi connectivity index (χ0n) is 25.9. The van der Waals surface area contributed by atoms with Crippen LogP contribution in [0.2, 0.25) is 0 Å². The van der Waals surface area contributed by atoms with Gasteiger partial charge in [0, 0.05) is 0 Å². The lowest BCUT2D eigenvalue weighted by Crippen LogP contribution is -2.64. The Hall–Kier alpha value is -1.85. The molecule has 0 radical (unpaired) electrons. The number of fused-ring (bicyclic) bond motifs is 7. The van der Waals surface area contributed by atoms with Crippen LogP contribution >= 0.6 is 0 Å². The lowest BCUT2D eigenvalue weighted by molar-refractivity contribution is -0.207. The summed E-state index contributed by atoms with van der Waals surface area (Å²) in [6, 6.07) is 0. The first kappa shape index (κ1) is 29.6. The van der Waals surface area contributed by atoms with Gasteiger partial charge in [-0.15, -0.1) is 0 Å². The maximum absolute atomic E-state index is 12.9. The van der Waals surface area contributed by atoms with Crippen LogP contribution in [-0.2, 0) is 19.1 Å². The van der Waals surface area contributed by atoms with Crippen molar-refractivity contribution >= 4 is 17.9 Å². The summed E-state index contributed by atoms with van der Waals surface area (Å²) in [5, 5.41) is 19.6. The number of carboxylic acid groups (broad SMARTS) is 2. The highest BCUT2D eigenvalue weighted by atomic mass is 16.5. The Morgan fingerprint density at radius 2 is 1.52 bits per heavy atom. The molecule has 0 heterocycles. The summed E-state index contributed by atoms with van der Waals surface area (Å²) in [5.41, 5.74) is 0.931. The minimum absolute atomic E-state index is 0.00932. The second-order valence-corrected chi connectivity index (χ2v) is 16.6. The summed E-state index contributed by atoms with van der Waals surface area (Å²) in [6.07, 6.45) is 11.2. The Labute approximate surface area is 240 Å². The van der Waals surface area contributed by atoms with Crippen LogP contribution in [0, 0.1) is 50.2 Å². The quantitative estimate of drug-likeness (QED) is 0.266. The first-order valence-corrected chi connectivity index (χ1v) is 15.8. The molecule has 8 atom stereocenters. The fraction of sp³-hybridized carbons (Fsp3) is 0.853. The number of hydrogen-bond donors (Lipinski definition) is 2. The maximum Gasteiger partial charge on any atom is 0.310 e. The van der Waals surface area contributed by atoms with E-state index in [0.717, 1.165) is 64.2 Å². The summed E-state index contributed by atoms with van der Waals surface area (Å²) >= 11 is 0. The number of carboxylic acids is 2. The molecule has 6 heteroatoms. The van der Waals surface area contributed by atoms with Crippen molar-refractivity contribution in [2.75, 3.05) is 0 Å². The van der Waals surface area contributed by atoms with Crippen LogP contribution < -0.4 is 0 Å². The van der Waals surface area contributed by atoms with Gasteiger partial charge in [-0.3, -0.25) is 14.4 Å². The van der Waals surface area contributed by atoms with Crippen LogP contribution in [0.4, 0.5) is 0 Å². The molecule has 6 nitrogen and oxygen atoms in total. The van der Waals surface area contributed by atoms with Gasteiger partial charge >= 0.3 is 17.9 Å². The first-order chi connectivity index (χ1) is 18.4. The van der Waals surface area contributed by atoms with Crippen LogP contribution in [0.15, 0.2) is 11.6 Å². The number of rotatable bonds is 5. The fourth-order valence-corrected chi connectivity index (χ4v) is 11.4. The third kappa shape index (κ3) is 4.28. The zero-order chi connectivity index (χ0) is 29.5. The molecule has 0 aromatic heterocycles. The molecule has 224 valence electrons. The molecule has 0 spiro atoms. The van der Waals surface area contributed by atoms with Gasteiger partial charge in [0.1, 0.15) is 6.10 Å². The molecule has 5 rings (SSSR count). The van der Waals surface area contributed by atoms with Crippen molar-refractivity contribution in [3.63, 3.8) is 0 Å². The normalized spacial score (nSPS) is 45.0. The Kier molecular flexibility index (Phi) is 6.91. The summed E-state index contributed by atoms with van der Waals surface area (Å²) in [4.78, 5) is 36.5. The van der Waals surface area contributed by atoms with E-state index in [1.54, 1.807) is 0 Å². The van der Waals surface area contributed by atoms with Gasteiger partial charge in [-0.25, -0.2) is 0 Å². The number of hydrogen-bond acceptors (Lipinski definition) is 4. The van der Waals surface area contributed by atoms with Gasteiger partial charge in [0.05, 0.1) is 18.3 Å². The molecule has 4 fully saturated rings. The number of allylic oxidation sites excluding steroid dienone is 2. The predicted octanol–water partition coefficient (Wildman–Crippen LogP) is 7.65. The molecule has 4 saturated carbocycles. The highest BCUT2D eigenvalue weighted by Gasteiger charge is 2.69. The van der Waals surface area contributed by atoms with Gasteiger partial charge in [-0.2, -0.15) is 0 Å². The van der Waals surface area contributed by atoms with Crippen LogP contribution in [0.5, 0.6) is 0 Å². The van der Waals surface area contributed by atoms with Crippen molar-refractivity contribution in [3.8, 4) is 0 Å². The molecular weight excluding hydrogens is 504 g/mol. The standard InChI is InChI=1S/C34H52O6/c1-29(2)14-16-34(28(38)39)17-15-32(6)22(23(34)20-29)8-9-25-31(5)19-21(40-27(37)11-10-26(35)36)18-30(3,4)24(31)12-13-33(25,32)7/h8,21,23-25H,9-20H2,1-7H3,(H,35,36)(H,38,39)/t21-,23-,24-,25+,31-,32+,33+,34-/m0/s1. The topological polar surface area (TPSA) is 101 Å². The van der Waals surface area contributed by atoms with E-state index in [0.29, 0.717) is 11.8 Å². The zero-order valence-corrected chi connectivity index (χ0v) is 25.9. The van der Waals surface area contributed by atoms with Gasteiger partial charge in [0.15, 0.2) is 0 Å². The molecule has 0 bridgehead atoms. The van der Waals surface area contributed by atoms with Crippen molar-refractivity contribution in [1.82, 2.24) is 0 Å². The smallest absolute Gasteiger partial charge is 0.310 e. The third-order valence-corrected chi connectivity index (χ3v) is 13.5. The van der Waals surface area contributed by atoms with Crippen molar-refractivity contribution < 1.29 is 29.3 Å². The Morgan fingerprint density at radius 1 is 0.850 bits per heavy atom. The van der Waals surface area contributed by atoms with E-state index in [4.69, 9.17) is 9.84 Å². The third-order valence-electron chi connectivity index (χ3n) is 13.5. The first-order valence-electron chi connectivity index (χ1n) is 15.8. The predicted molar refractivity (Wildman–Crippen MR) is 153 cm³/mol. The van der Waals surface area contributed by atoms with E-state index in [1.807, 2.05) is 0 Å². The molecule has 5 aliphatic rings. The van der Waals surface area contributed by atoms with Crippen molar-refractivity contribution in [2.24, 2.45) is 50.2 Å². The van der Waals surface area contributed by atoms with E-state index < -0.39 is 23.3 Å². The van der Waals surface area contributed by atoms with Crippen LogP contribution in [0.3, 0.4) is 0 Å². The van der Waals surface area contributed by atoms with Crippen molar-refractivity contribution in [2.45, 2.75) is 132 Å². The number of carbonyl (C=O) groups excluding carboxylic acids is 1. The molecule has 5 aliphatic carbocycles. The van der Waals surface area contributed by atoms with Gasteiger partial charge in [0.25, 0.3) is 0 Å². The van der Waals surface area contributed by atoms with Gasteiger partial charge < -0.3 is 14.9 Å². The highest BCUT2D eigenvalue weighted by Crippen LogP contribution is 2.75. The lowest BCUT2D eigenvalue weighted by atomic mass is 9.33. The summed E-state index contributed by atoms with van der Waals surface area (Å²) < 4.78 is 5.99. The van der Waals surface area contributed by atoms with E-state index in [1.165, 1.54) is 5.57 Å². The van der Waals surface area contributed by atoms with Gasteiger partial charge in [-0.1, -0.05) is 60.1 Å². The van der Waals surface area contributed by atoms with Crippen LogP contribution in [0.1, 0.15) is 126 Å².